The second kappa shape index (κ2) is 18.3. The SMILES string of the molecule is CCCCCCCCCC/C=C/CCCCCCCC1N=CC[N+]1(CC)C(C)NC(C)=O. The molecule has 0 saturated heterocycles. The van der Waals surface area contributed by atoms with Crippen LogP contribution in [0, 0.1) is 0 Å². The lowest BCUT2D eigenvalue weighted by Crippen LogP contribution is -2.63. The molecule has 0 aromatic heterocycles. The average molecular weight is 449 g/mol. The van der Waals surface area contributed by atoms with E-state index in [-0.39, 0.29) is 12.1 Å². The van der Waals surface area contributed by atoms with Gasteiger partial charge in [0.25, 0.3) is 0 Å². The first-order valence-corrected chi connectivity index (χ1v) is 13.9. The van der Waals surface area contributed by atoms with E-state index in [1.165, 1.54) is 96.3 Å². The molecule has 0 spiro atoms. The van der Waals surface area contributed by atoms with Crippen molar-refractivity contribution in [2.75, 3.05) is 13.1 Å². The lowest BCUT2D eigenvalue weighted by molar-refractivity contribution is -0.959. The van der Waals surface area contributed by atoms with Gasteiger partial charge in [-0.25, -0.2) is 4.99 Å². The summed E-state index contributed by atoms with van der Waals surface area (Å²) in [6.45, 7) is 10.2. The van der Waals surface area contributed by atoms with Crippen LogP contribution in [0.25, 0.3) is 0 Å². The molecule has 1 rings (SSSR count). The predicted octanol–water partition coefficient (Wildman–Crippen LogP) is 7.53. The predicted molar refractivity (Wildman–Crippen MR) is 140 cm³/mol. The molecule has 3 unspecified atom stereocenters. The molecular formula is C28H54N3O+. The molecule has 4 heteroatoms. The second-order valence-corrected chi connectivity index (χ2v) is 9.87. The van der Waals surface area contributed by atoms with Gasteiger partial charge in [-0.05, 0) is 39.0 Å². The van der Waals surface area contributed by atoms with E-state index in [0.29, 0.717) is 6.17 Å². The molecule has 0 aliphatic carbocycles. The molecule has 0 saturated carbocycles. The first kappa shape index (κ1) is 28.9. The van der Waals surface area contributed by atoms with Gasteiger partial charge in [-0.1, -0.05) is 83.3 Å². The lowest BCUT2D eigenvalue weighted by Gasteiger charge is -2.42. The average Bonchev–Trinajstić information content (AvgIpc) is 3.19. The summed E-state index contributed by atoms with van der Waals surface area (Å²) < 4.78 is 0.878. The number of carbonyl (C=O) groups excluding carboxylic acids is 1. The van der Waals surface area contributed by atoms with Crippen LogP contribution in [0.5, 0.6) is 0 Å². The van der Waals surface area contributed by atoms with Crippen LogP contribution in [0.4, 0.5) is 0 Å². The van der Waals surface area contributed by atoms with Crippen molar-refractivity contribution in [2.45, 2.75) is 143 Å². The summed E-state index contributed by atoms with van der Waals surface area (Å²) in [5.74, 6) is 0.0564. The molecule has 1 heterocycles. The van der Waals surface area contributed by atoms with Gasteiger partial charge in [-0.3, -0.25) is 9.28 Å². The maximum Gasteiger partial charge on any atom is 0.221 e. The van der Waals surface area contributed by atoms with Gasteiger partial charge in [-0.15, -0.1) is 0 Å². The van der Waals surface area contributed by atoms with Crippen LogP contribution in [-0.4, -0.2) is 42.0 Å². The van der Waals surface area contributed by atoms with E-state index >= 15 is 0 Å². The van der Waals surface area contributed by atoms with Gasteiger partial charge in [0, 0.05) is 20.3 Å². The molecule has 4 nitrogen and oxygen atoms in total. The molecule has 0 aromatic carbocycles. The van der Waals surface area contributed by atoms with E-state index in [1.54, 1.807) is 6.92 Å². The number of amides is 1. The monoisotopic (exact) mass is 448 g/mol. The smallest absolute Gasteiger partial charge is 0.221 e. The number of hydrogen-bond donors (Lipinski definition) is 1. The molecule has 32 heavy (non-hydrogen) atoms. The van der Waals surface area contributed by atoms with E-state index in [1.807, 2.05) is 0 Å². The first-order chi connectivity index (χ1) is 15.6. The quantitative estimate of drug-likeness (QED) is 0.117. The van der Waals surface area contributed by atoms with E-state index in [4.69, 9.17) is 4.99 Å². The van der Waals surface area contributed by atoms with Crippen molar-refractivity contribution < 1.29 is 9.28 Å². The Morgan fingerprint density at radius 2 is 1.47 bits per heavy atom. The van der Waals surface area contributed by atoms with Crippen LogP contribution < -0.4 is 5.32 Å². The van der Waals surface area contributed by atoms with Crippen molar-refractivity contribution in [1.29, 1.82) is 0 Å². The Kier molecular flexibility index (Phi) is 16.5. The van der Waals surface area contributed by atoms with Gasteiger partial charge in [0.05, 0.1) is 12.8 Å². The van der Waals surface area contributed by atoms with Crippen LogP contribution in [0.3, 0.4) is 0 Å². The highest BCUT2D eigenvalue weighted by Crippen LogP contribution is 2.27. The number of aliphatic imine (C=N–C) groups is 1. The highest BCUT2D eigenvalue weighted by molar-refractivity contribution is 5.73. The fraction of sp³-hybridized carbons (Fsp3) is 0.857. The summed E-state index contributed by atoms with van der Waals surface area (Å²) in [6, 6.07) is 0. The van der Waals surface area contributed by atoms with Gasteiger partial charge in [0.15, 0.2) is 12.3 Å². The fourth-order valence-electron chi connectivity index (χ4n) is 5.11. The summed E-state index contributed by atoms with van der Waals surface area (Å²) >= 11 is 0. The molecule has 0 aromatic rings. The largest absolute Gasteiger partial charge is 0.307 e. The summed E-state index contributed by atoms with van der Waals surface area (Å²) in [6.07, 6.45) is 28.8. The van der Waals surface area contributed by atoms with Crippen molar-refractivity contribution in [3.63, 3.8) is 0 Å². The normalized spacial score (nSPS) is 21.4. The zero-order valence-electron chi connectivity index (χ0n) is 21.9. The molecule has 0 fully saturated rings. The Bertz CT molecular complexity index is 531. The third-order valence-corrected chi connectivity index (χ3v) is 7.29. The minimum atomic E-state index is 0.0564. The number of nitrogens with zero attached hydrogens (tertiary/aromatic N) is 2. The molecule has 1 N–H and O–H groups in total. The zero-order valence-corrected chi connectivity index (χ0v) is 21.9. The molecule has 0 radical (unpaired) electrons. The highest BCUT2D eigenvalue weighted by Gasteiger charge is 2.42. The molecule has 3 atom stereocenters. The topological polar surface area (TPSA) is 41.5 Å². The van der Waals surface area contributed by atoms with Crippen molar-refractivity contribution in [3.8, 4) is 0 Å². The number of nitrogens with one attached hydrogen (secondary N) is 1. The second-order valence-electron chi connectivity index (χ2n) is 9.87. The first-order valence-electron chi connectivity index (χ1n) is 13.9. The third-order valence-electron chi connectivity index (χ3n) is 7.29. The minimum Gasteiger partial charge on any atom is -0.307 e. The maximum absolute atomic E-state index is 11.5. The van der Waals surface area contributed by atoms with Crippen LogP contribution >= 0.6 is 0 Å². The molecule has 0 bridgehead atoms. The zero-order chi connectivity index (χ0) is 23.5. The Hall–Kier alpha value is -1.16. The van der Waals surface area contributed by atoms with Crippen LogP contribution in [0.1, 0.15) is 130 Å². The van der Waals surface area contributed by atoms with Crippen molar-refractivity contribution in [2.24, 2.45) is 4.99 Å². The molecule has 1 aliphatic heterocycles. The number of rotatable bonds is 20. The van der Waals surface area contributed by atoms with E-state index in [9.17, 15) is 4.79 Å². The van der Waals surface area contributed by atoms with Crippen LogP contribution in [0.2, 0.25) is 0 Å². The molecule has 1 amide bonds. The van der Waals surface area contributed by atoms with E-state index < -0.39 is 0 Å². The lowest BCUT2D eigenvalue weighted by atomic mass is 10.1. The summed E-state index contributed by atoms with van der Waals surface area (Å²) in [5, 5.41) is 3.11. The number of quaternary nitrogens is 1. The van der Waals surface area contributed by atoms with Gasteiger partial charge >= 0.3 is 0 Å². The Labute approximate surface area is 199 Å². The number of carbonyl (C=O) groups is 1. The van der Waals surface area contributed by atoms with Gasteiger partial charge in [0.2, 0.25) is 5.91 Å². The highest BCUT2D eigenvalue weighted by atomic mass is 16.1. The van der Waals surface area contributed by atoms with Crippen LogP contribution in [-0.2, 0) is 4.79 Å². The van der Waals surface area contributed by atoms with Gasteiger partial charge in [-0.2, -0.15) is 0 Å². The van der Waals surface area contributed by atoms with Crippen LogP contribution in [0.15, 0.2) is 17.1 Å². The Morgan fingerprint density at radius 3 is 2.00 bits per heavy atom. The Balaban J connectivity index is 2.01. The van der Waals surface area contributed by atoms with Gasteiger partial charge in [0.1, 0.15) is 6.54 Å². The van der Waals surface area contributed by atoms with Gasteiger partial charge < -0.3 is 5.32 Å². The van der Waals surface area contributed by atoms with Crippen molar-refractivity contribution in [3.05, 3.63) is 12.2 Å². The molecule has 186 valence electrons. The number of allylic oxidation sites excluding steroid dienone is 2. The van der Waals surface area contributed by atoms with E-state index in [2.05, 4.69) is 44.5 Å². The minimum absolute atomic E-state index is 0.0564. The van der Waals surface area contributed by atoms with Crippen molar-refractivity contribution >= 4 is 12.1 Å². The number of hydrogen-bond acceptors (Lipinski definition) is 2. The van der Waals surface area contributed by atoms with Crippen molar-refractivity contribution in [1.82, 2.24) is 5.32 Å². The number of unbranched alkanes of at least 4 members (excludes halogenated alkanes) is 13. The summed E-state index contributed by atoms with van der Waals surface area (Å²) in [5.41, 5.74) is 0. The fourth-order valence-corrected chi connectivity index (χ4v) is 5.11. The molecular weight excluding hydrogens is 394 g/mol. The summed E-state index contributed by atoms with van der Waals surface area (Å²) in [4.78, 5) is 16.3. The Morgan fingerprint density at radius 1 is 0.938 bits per heavy atom. The third kappa shape index (κ3) is 11.6. The van der Waals surface area contributed by atoms with E-state index in [0.717, 1.165) is 24.0 Å². The standard InChI is InChI=1S/C28H53N3O/c1-5-7-8-9-10-11-12-13-14-15-16-17-18-19-20-21-22-23-28-29-24-25-31(28,6-2)26(3)30-27(4)32/h15-16,24,26,28H,5-14,17-23,25H2,1-4H3/p+1/b16-15+. The molecule has 1 aliphatic rings. The maximum atomic E-state index is 11.5. The summed E-state index contributed by atoms with van der Waals surface area (Å²) in [7, 11) is 0.